The largest absolute Gasteiger partial charge is 0.371 e. The summed E-state index contributed by atoms with van der Waals surface area (Å²) < 4.78 is 5.95. The van der Waals surface area contributed by atoms with Crippen molar-refractivity contribution in [3.8, 4) is 11.4 Å². The summed E-state index contributed by atoms with van der Waals surface area (Å²) in [6.45, 7) is 1.57. The molecule has 1 aliphatic heterocycles. The number of carbonyl (C=O) groups excluding carboxylic acids is 1. The number of aromatic nitrogens is 3. The van der Waals surface area contributed by atoms with E-state index in [0.29, 0.717) is 31.1 Å². The summed E-state index contributed by atoms with van der Waals surface area (Å²) in [5.74, 6) is 0.130. The van der Waals surface area contributed by atoms with Gasteiger partial charge in [0.15, 0.2) is 0 Å². The first-order chi connectivity index (χ1) is 12.2. The van der Waals surface area contributed by atoms with Crippen LogP contribution >= 0.6 is 0 Å². The van der Waals surface area contributed by atoms with E-state index in [1.165, 1.54) is 6.20 Å². The normalized spacial score (nSPS) is 19.3. The first-order valence-corrected chi connectivity index (χ1v) is 8.60. The second-order valence-electron chi connectivity index (χ2n) is 6.68. The first kappa shape index (κ1) is 16.0. The highest BCUT2D eigenvalue weighted by Crippen LogP contribution is 2.36. The van der Waals surface area contributed by atoms with Crippen molar-refractivity contribution in [2.45, 2.75) is 31.3 Å². The maximum Gasteiger partial charge on any atom is 0.264 e. The molecule has 2 aliphatic rings. The van der Waals surface area contributed by atoms with Crippen molar-refractivity contribution in [3.63, 3.8) is 0 Å². The highest BCUT2D eigenvalue weighted by Gasteiger charge is 2.41. The molecule has 3 heterocycles. The van der Waals surface area contributed by atoms with E-state index in [9.17, 15) is 9.59 Å². The second-order valence-corrected chi connectivity index (χ2v) is 6.68. The highest BCUT2D eigenvalue weighted by atomic mass is 16.5. The fourth-order valence-corrected chi connectivity index (χ4v) is 3.71. The minimum absolute atomic E-state index is 0.0719. The van der Waals surface area contributed by atoms with E-state index in [-0.39, 0.29) is 17.1 Å². The van der Waals surface area contributed by atoms with Gasteiger partial charge in [-0.25, -0.2) is 4.98 Å². The summed E-state index contributed by atoms with van der Waals surface area (Å²) >= 11 is 0. The number of nitrogens with one attached hydrogen (secondary N) is 1. The average Bonchev–Trinajstić information content (AvgIpc) is 3.09. The van der Waals surface area contributed by atoms with Gasteiger partial charge in [-0.15, -0.1) is 0 Å². The summed E-state index contributed by atoms with van der Waals surface area (Å²) in [7, 11) is 0. The molecule has 7 heteroatoms. The van der Waals surface area contributed by atoms with Gasteiger partial charge in [-0.05, 0) is 25.0 Å². The van der Waals surface area contributed by atoms with Crippen LogP contribution in [0.5, 0.6) is 0 Å². The molecule has 2 fully saturated rings. The average molecular weight is 340 g/mol. The first-order valence-electron chi connectivity index (χ1n) is 8.60. The summed E-state index contributed by atoms with van der Waals surface area (Å²) in [6.07, 6.45) is 8.84. The van der Waals surface area contributed by atoms with Crippen LogP contribution in [0.1, 0.15) is 36.0 Å². The zero-order valence-corrected chi connectivity index (χ0v) is 13.9. The van der Waals surface area contributed by atoms with Gasteiger partial charge >= 0.3 is 0 Å². The van der Waals surface area contributed by atoms with Crippen LogP contribution in [0.4, 0.5) is 0 Å². The molecule has 2 aromatic heterocycles. The Morgan fingerprint density at radius 2 is 2.12 bits per heavy atom. The predicted octanol–water partition coefficient (Wildman–Crippen LogP) is 1.62. The molecule has 25 heavy (non-hydrogen) atoms. The molecule has 0 radical (unpaired) electrons. The number of hydrogen-bond acceptors (Lipinski definition) is 5. The summed E-state index contributed by atoms with van der Waals surface area (Å²) in [4.78, 5) is 37.9. The van der Waals surface area contributed by atoms with Gasteiger partial charge in [0.2, 0.25) is 0 Å². The number of nitrogens with zero attached hydrogens (tertiary/aromatic N) is 3. The van der Waals surface area contributed by atoms with E-state index in [0.717, 1.165) is 25.7 Å². The van der Waals surface area contributed by atoms with Crippen molar-refractivity contribution in [2.24, 2.45) is 0 Å². The third kappa shape index (κ3) is 3.07. The van der Waals surface area contributed by atoms with Gasteiger partial charge in [-0.3, -0.25) is 14.6 Å². The zero-order chi connectivity index (χ0) is 17.3. The lowest BCUT2D eigenvalue weighted by Crippen LogP contribution is -2.53. The third-order valence-electron chi connectivity index (χ3n) is 5.02. The number of hydrogen-bond donors (Lipinski definition) is 1. The molecule has 0 atom stereocenters. The minimum atomic E-state index is -0.425. The molecule has 0 aromatic carbocycles. The van der Waals surface area contributed by atoms with E-state index in [1.54, 1.807) is 29.4 Å². The van der Waals surface area contributed by atoms with E-state index in [1.807, 2.05) is 0 Å². The van der Waals surface area contributed by atoms with Gasteiger partial charge in [-0.2, -0.15) is 0 Å². The number of morpholine rings is 1. The van der Waals surface area contributed by atoms with Crippen molar-refractivity contribution in [1.29, 1.82) is 0 Å². The second kappa shape index (κ2) is 6.40. The van der Waals surface area contributed by atoms with Gasteiger partial charge < -0.3 is 14.6 Å². The number of aromatic amines is 1. The Morgan fingerprint density at radius 3 is 2.84 bits per heavy atom. The molecule has 1 saturated carbocycles. The van der Waals surface area contributed by atoms with Crippen LogP contribution in [0.2, 0.25) is 0 Å². The monoisotopic (exact) mass is 340 g/mol. The fraction of sp³-hybridized carbons (Fsp3) is 0.444. The number of carbonyl (C=O) groups is 1. The van der Waals surface area contributed by atoms with Crippen LogP contribution in [0.15, 0.2) is 35.5 Å². The molecular formula is C18H20N4O3. The van der Waals surface area contributed by atoms with Crippen molar-refractivity contribution in [3.05, 3.63) is 46.6 Å². The van der Waals surface area contributed by atoms with Crippen molar-refractivity contribution >= 4 is 5.91 Å². The van der Waals surface area contributed by atoms with E-state index >= 15 is 0 Å². The number of amides is 1. The van der Waals surface area contributed by atoms with Crippen LogP contribution in [-0.2, 0) is 4.74 Å². The molecule has 4 rings (SSSR count). The van der Waals surface area contributed by atoms with Crippen LogP contribution in [0.25, 0.3) is 11.4 Å². The SMILES string of the molecule is O=C(c1cnc(-c2cccnc2)[nH]c1=O)N1CCOC2(CCCC2)C1. The maximum absolute atomic E-state index is 12.8. The summed E-state index contributed by atoms with van der Waals surface area (Å²) in [5.41, 5.74) is 0.132. The number of pyridine rings is 1. The van der Waals surface area contributed by atoms with E-state index < -0.39 is 5.56 Å². The molecule has 1 aliphatic carbocycles. The van der Waals surface area contributed by atoms with Crippen molar-refractivity contribution in [2.75, 3.05) is 19.7 Å². The molecule has 0 unspecified atom stereocenters. The molecule has 130 valence electrons. The number of H-pyrrole nitrogens is 1. The Balaban J connectivity index is 1.57. The molecule has 7 nitrogen and oxygen atoms in total. The Morgan fingerprint density at radius 1 is 1.28 bits per heavy atom. The van der Waals surface area contributed by atoms with Gasteiger partial charge in [0.1, 0.15) is 11.4 Å². The lowest BCUT2D eigenvalue weighted by atomic mass is 9.99. The predicted molar refractivity (Wildman–Crippen MR) is 91.1 cm³/mol. The molecule has 2 aromatic rings. The Bertz CT molecular complexity index is 828. The third-order valence-corrected chi connectivity index (χ3v) is 5.02. The number of ether oxygens (including phenoxy) is 1. The Kier molecular flexibility index (Phi) is 4.09. The fourth-order valence-electron chi connectivity index (χ4n) is 3.71. The van der Waals surface area contributed by atoms with Crippen LogP contribution in [0.3, 0.4) is 0 Å². The molecule has 1 spiro atoms. The lowest BCUT2D eigenvalue weighted by molar-refractivity contribution is -0.0948. The van der Waals surface area contributed by atoms with Gasteiger partial charge in [0, 0.05) is 30.7 Å². The van der Waals surface area contributed by atoms with Crippen molar-refractivity contribution < 1.29 is 9.53 Å². The molecule has 1 saturated heterocycles. The topological polar surface area (TPSA) is 88.2 Å². The smallest absolute Gasteiger partial charge is 0.264 e. The molecule has 1 N–H and O–H groups in total. The Labute approximate surface area is 145 Å². The maximum atomic E-state index is 12.8. The molecular weight excluding hydrogens is 320 g/mol. The zero-order valence-electron chi connectivity index (χ0n) is 13.9. The quantitative estimate of drug-likeness (QED) is 0.897. The van der Waals surface area contributed by atoms with Gasteiger partial charge in [0.05, 0.1) is 18.8 Å². The summed E-state index contributed by atoms with van der Waals surface area (Å²) in [5, 5.41) is 0. The van der Waals surface area contributed by atoms with Crippen LogP contribution in [0, 0.1) is 0 Å². The van der Waals surface area contributed by atoms with Gasteiger partial charge in [-0.1, -0.05) is 12.8 Å². The molecule has 0 bridgehead atoms. The number of rotatable bonds is 2. The van der Waals surface area contributed by atoms with E-state index in [2.05, 4.69) is 15.0 Å². The standard InChI is InChI=1S/C18H20N4O3/c23-16-14(11-20-15(21-16)13-4-3-7-19-10-13)17(24)22-8-9-25-18(12-22)5-1-2-6-18/h3-4,7,10-11H,1-2,5-6,8-9,12H2,(H,20,21,23). The van der Waals surface area contributed by atoms with Crippen LogP contribution < -0.4 is 5.56 Å². The lowest BCUT2D eigenvalue weighted by Gasteiger charge is -2.40. The van der Waals surface area contributed by atoms with Gasteiger partial charge in [0.25, 0.3) is 11.5 Å². The Hall–Kier alpha value is -2.54. The highest BCUT2D eigenvalue weighted by molar-refractivity contribution is 5.93. The van der Waals surface area contributed by atoms with Crippen LogP contribution in [-0.4, -0.2) is 51.1 Å². The van der Waals surface area contributed by atoms with Crippen molar-refractivity contribution in [1.82, 2.24) is 19.9 Å². The minimum Gasteiger partial charge on any atom is -0.371 e. The summed E-state index contributed by atoms with van der Waals surface area (Å²) in [6, 6.07) is 3.57. The molecule has 1 amide bonds. The van der Waals surface area contributed by atoms with E-state index in [4.69, 9.17) is 4.74 Å².